The average molecular weight is 391 g/mol. The van der Waals surface area contributed by atoms with E-state index in [2.05, 4.69) is 10.4 Å². The Bertz CT molecular complexity index is 1040. The minimum Gasteiger partial charge on any atom is -0.455 e. The van der Waals surface area contributed by atoms with Crippen LogP contribution in [0.1, 0.15) is 28.1 Å². The van der Waals surface area contributed by atoms with Crippen molar-refractivity contribution >= 4 is 17.6 Å². The van der Waals surface area contributed by atoms with E-state index in [0.29, 0.717) is 5.69 Å². The summed E-state index contributed by atoms with van der Waals surface area (Å²) in [6.07, 6.45) is 0.0709. The molecular weight excluding hydrogens is 366 g/mol. The lowest BCUT2D eigenvalue weighted by Crippen LogP contribution is -2.22. The molecule has 0 aliphatic heterocycles. The Labute approximate surface area is 170 Å². The summed E-state index contributed by atoms with van der Waals surface area (Å²) in [6, 6.07) is 15.4. The van der Waals surface area contributed by atoms with Crippen LogP contribution in [-0.2, 0) is 20.7 Å². The average Bonchev–Trinajstić information content (AvgIpc) is 2.98. The molecule has 29 heavy (non-hydrogen) atoms. The first-order chi connectivity index (χ1) is 13.8. The van der Waals surface area contributed by atoms with Crippen LogP contribution in [0.15, 0.2) is 48.5 Å². The lowest BCUT2D eigenvalue weighted by Gasteiger charge is -2.09. The van der Waals surface area contributed by atoms with Crippen LogP contribution in [0.2, 0.25) is 0 Å². The summed E-state index contributed by atoms with van der Waals surface area (Å²) >= 11 is 0. The Balaban J connectivity index is 1.59. The molecule has 0 radical (unpaired) electrons. The number of benzene rings is 2. The first-order valence-corrected chi connectivity index (χ1v) is 9.48. The summed E-state index contributed by atoms with van der Waals surface area (Å²) in [5, 5.41) is 7.27. The van der Waals surface area contributed by atoms with Crippen molar-refractivity contribution in [2.24, 2.45) is 0 Å². The molecular formula is C23H25N3O3. The Hall–Kier alpha value is -3.41. The maximum Gasteiger partial charge on any atom is 0.310 e. The maximum absolute atomic E-state index is 12.3. The summed E-state index contributed by atoms with van der Waals surface area (Å²) in [4.78, 5) is 24.4. The molecule has 0 spiro atoms. The van der Waals surface area contributed by atoms with Crippen LogP contribution in [0.25, 0.3) is 5.69 Å². The molecule has 0 saturated heterocycles. The minimum atomic E-state index is -0.459. The van der Waals surface area contributed by atoms with E-state index >= 15 is 0 Å². The standard InChI is InChI=1S/C23H25N3O3/c1-15-10-11-19(12-16(15)2)24-22(27)14-29-23(28)13-21-17(3)25-26(18(21)4)20-8-6-5-7-9-20/h5-12H,13-14H2,1-4H3,(H,24,27). The molecule has 3 rings (SSSR count). The van der Waals surface area contributed by atoms with Gasteiger partial charge < -0.3 is 10.1 Å². The molecule has 0 bridgehead atoms. The van der Waals surface area contributed by atoms with Gasteiger partial charge in [0.05, 0.1) is 17.8 Å². The van der Waals surface area contributed by atoms with Gasteiger partial charge in [-0.2, -0.15) is 5.10 Å². The van der Waals surface area contributed by atoms with Crippen LogP contribution in [-0.4, -0.2) is 28.3 Å². The third kappa shape index (κ3) is 4.90. The molecule has 6 nitrogen and oxygen atoms in total. The number of nitrogens with one attached hydrogen (secondary N) is 1. The molecule has 1 aromatic heterocycles. The molecule has 1 heterocycles. The van der Waals surface area contributed by atoms with Crippen LogP contribution in [0.5, 0.6) is 0 Å². The van der Waals surface area contributed by atoms with Crippen LogP contribution in [0, 0.1) is 27.7 Å². The van der Waals surface area contributed by atoms with Gasteiger partial charge in [0.1, 0.15) is 0 Å². The van der Waals surface area contributed by atoms with E-state index in [4.69, 9.17) is 4.74 Å². The van der Waals surface area contributed by atoms with Gasteiger partial charge in [-0.15, -0.1) is 0 Å². The number of anilines is 1. The number of carbonyl (C=O) groups excluding carboxylic acids is 2. The molecule has 150 valence electrons. The number of nitrogens with zero attached hydrogens (tertiary/aromatic N) is 2. The molecule has 3 aromatic rings. The fraction of sp³-hybridized carbons (Fsp3) is 0.261. The summed E-state index contributed by atoms with van der Waals surface area (Å²) in [5.74, 6) is -0.825. The highest BCUT2D eigenvalue weighted by molar-refractivity contribution is 5.93. The lowest BCUT2D eigenvalue weighted by atomic mass is 10.1. The van der Waals surface area contributed by atoms with Crippen molar-refractivity contribution in [2.45, 2.75) is 34.1 Å². The van der Waals surface area contributed by atoms with Crippen molar-refractivity contribution in [2.75, 3.05) is 11.9 Å². The van der Waals surface area contributed by atoms with Gasteiger partial charge >= 0.3 is 5.97 Å². The second-order valence-electron chi connectivity index (χ2n) is 7.08. The van der Waals surface area contributed by atoms with E-state index in [0.717, 1.165) is 33.8 Å². The Morgan fingerprint density at radius 2 is 1.72 bits per heavy atom. The smallest absolute Gasteiger partial charge is 0.310 e. The van der Waals surface area contributed by atoms with Gasteiger partial charge in [0.15, 0.2) is 6.61 Å². The Morgan fingerprint density at radius 3 is 2.41 bits per heavy atom. The van der Waals surface area contributed by atoms with Crippen molar-refractivity contribution < 1.29 is 14.3 Å². The van der Waals surface area contributed by atoms with Crippen LogP contribution >= 0.6 is 0 Å². The molecule has 6 heteroatoms. The topological polar surface area (TPSA) is 73.2 Å². The number of amides is 1. The third-order valence-electron chi connectivity index (χ3n) is 4.92. The monoisotopic (exact) mass is 391 g/mol. The zero-order valence-electron chi connectivity index (χ0n) is 17.2. The maximum atomic E-state index is 12.3. The van der Waals surface area contributed by atoms with Gasteiger partial charge in [-0.3, -0.25) is 9.59 Å². The van der Waals surface area contributed by atoms with Crippen molar-refractivity contribution in [3.63, 3.8) is 0 Å². The number of carbonyl (C=O) groups is 2. The van der Waals surface area contributed by atoms with Crippen molar-refractivity contribution in [1.82, 2.24) is 9.78 Å². The minimum absolute atomic E-state index is 0.0709. The fourth-order valence-electron chi connectivity index (χ4n) is 3.11. The Kier molecular flexibility index (Phi) is 6.12. The predicted octanol–water partition coefficient (Wildman–Crippen LogP) is 3.83. The SMILES string of the molecule is Cc1ccc(NC(=O)COC(=O)Cc2c(C)nn(-c3ccccc3)c2C)cc1C. The van der Waals surface area contributed by atoms with Gasteiger partial charge in [-0.05, 0) is 63.1 Å². The predicted molar refractivity (Wildman–Crippen MR) is 112 cm³/mol. The number of aryl methyl sites for hydroxylation is 3. The highest BCUT2D eigenvalue weighted by atomic mass is 16.5. The number of hydrogen-bond acceptors (Lipinski definition) is 4. The molecule has 0 aliphatic rings. The van der Waals surface area contributed by atoms with Crippen molar-refractivity contribution in [3.05, 3.63) is 76.6 Å². The number of para-hydroxylation sites is 1. The van der Waals surface area contributed by atoms with Gasteiger partial charge in [0.25, 0.3) is 5.91 Å². The Morgan fingerprint density at radius 1 is 1.00 bits per heavy atom. The number of hydrogen-bond donors (Lipinski definition) is 1. The molecule has 0 atom stereocenters. The van der Waals surface area contributed by atoms with E-state index in [9.17, 15) is 9.59 Å². The molecule has 1 amide bonds. The number of ether oxygens (including phenoxy) is 1. The highest BCUT2D eigenvalue weighted by Gasteiger charge is 2.17. The largest absolute Gasteiger partial charge is 0.455 e. The molecule has 0 aliphatic carbocycles. The summed E-state index contributed by atoms with van der Waals surface area (Å²) in [7, 11) is 0. The van der Waals surface area contributed by atoms with Gasteiger partial charge in [-0.1, -0.05) is 24.3 Å². The number of esters is 1. The lowest BCUT2D eigenvalue weighted by molar-refractivity contribution is -0.146. The second kappa shape index (κ2) is 8.73. The molecule has 1 N–H and O–H groups in total. The van der Waals surface area contributed by atoms with E-state index in [-0.39, 0.29) is 18.9 Å². The van der Waals surface area contributed by atoms with Crippen LogP contribution in [0.4, 0.5) is 5.69 Å². The van der Waals surface area contributed by atoms with Gasteiger partial charge in [0.2, 0.25) is 0 Å². The normalized spacial score (nSPS) is 10.6. The second-order valence-corrected chi connectivity index (χ2v) is 7.08. The van der Waals surface area contributed by atoms with E-state index in [1.165, 1.54) is 0 Å². The summed E-state index contributed by atoms with van der Waals surface area (Å²) in [5.41, 5.74) is 6.31. The van der Waals surface area contributed by atoms with Crippen LogP contribution < -0.4 is 5.32 Å². The van der Waals surface area contributed by atoms with E-state index in [1.54, 1.807) is 0 Å². The first-order valence-electron chi connectivity index (χ1n) is 9.48. The molecule has 0 fully saturated rings. The van der Waals surface area contributed by atoms with Crippen molar-refractivity contribution in [1.29, 1.82) is 0 Å². The molecule has 0 saturated carbocycles. The fourth-order valence-corrected chi connectivity index (χ4v) is 3.11. The zero-order valence-corrected chi connectivity index (χ0v) is 17.2. The summed E-state index contributed by atoms with van der Waals surface area (Å²) in [6.45, 7) is 7.44. The quantitative estimate of drug-likeness (QED) is 0.648. The van der Waals surface area contributed by atoms with E-state index in [1.807, 2.05) is 80.9 Å². The first kappa shape index (κ1) is 20.3. The van der Waals surface area contributed by atoms with Gasteiger partial charge in [0, 0.05) is 16.9 Å². The highest BCUT2D eigenvalue weighted by Crippen LogP contribution is 2.19. The van der Waals surface area contributed by atoms with Gasteiger partial charge in [-0.25, -0.2) is 4.68 Å². The van der Waals surface area contributed by atoms with E-state index < -0.39 is 5.97 Å². The van der Waals surface area contributed by atoms with Crippen molar-refractivity contribution in [3.8, 4) is 5.69 Å². The number of aromatic nitrogens is 2. The van der Waals surface area contributed by atoms with Crippen LogP contribution in [0.3, 0.4) is 0 Å². The third-order valence-corrected chi connectivity index (χ3v) is 4.92. The molecule has 2 aromatic carbocycles. The summed E-state index contributed by atoms with van der Waals surface area (Å²) < 4.78 is 6.98. The number of rotatable bonds is 6. The molecule has 0 unspecified atom stereocenters. The zero-order chi connectivity index (χ0) is 21.0.